The average molecular weight is 385 g/mol. The van der Waals surface area contributed by atoms with Crippen LogP contribution in [0.25, 0.3) is 11.1 Å². The van der Waals surface area contributed by atoms with Gasteiger partial charge in [0.25, 0.3) is 11.6 Å². The summed E-state index contributed by atoms with van der Waals surface area (Å²) in [6.45, 7) is 3.18. The molecule has 8 heteroatoms. The molecule has 0 aliphatic heterocycles. The number of hydrogen-bond donors (Lipinski definition) is 2. The van der Waals surface area contributed by atoms with Gasteiger partial charge in [-0.15, -0.1) is 0 Å². The Labute approximate surface area is 160 Å². The zero-order valence-electron chi connectivity index (χ0n) is 14.8. The van der Waals surface area contributed by atoms with Crippen LogP contribution >= 0.6 is 11.6 Å². The monoisotopic (exact) mass is 384 g/mol. The minimum Gasteiger partial charge on any atom is -0.336 e. The van der Waals surface area contributed by atoms with Crippen LogP contribution in [-0.2, 0) is 4.79 Å². The molecule has 27 heavy (non-hydrogen) atoms. The van der Waals surface area contributed by atoms with Crippen molar-refractivity contribution in [3.8, 4) is 0 Å². The zero-order chi connectivity index (χ0) is 19.1. The second-order valence-electron chi connectivity index (χ2n) is 6.65. The molecule has 0 unspecified atom stereocenters. The highest BCUT2D eigenvalue weighted by molar-refractivity contribution is 6.34. The fraction of sp³-hybridized carbons (Fsp3) is 0.263. The number of amides is 2. The molecule has 0 spiro atoms. The highest BCUT2D eigenvalue weighted by Gasteiger charge is 2.28. The Morgan fingerprint density at radius 3 is 2.67 bits per heavy atom. The van der Waals surface area contributed by atoms with Crippen molar-refractivity contribution in [2.75, 3.05) is 10.6 Å². The van der Waals surface area contributed by atoms with Crippen molar-refractivity contribution in [3.05, 3.63) is 46.2 Å². The van der Waals surface area contributed by atoms with Gasteiger partial charge in [0, 0.05) is 24.2 Å². The number of carbonyl (C=O) groups is 2. The van der Waals surface area contributed by atoms with E-state index in [1.165, 1.54) is 6.92 Å². The van der Waals surface area contributed by atoms with Crippen LogP contribution < -0.4 is 10.6 Å². The number of carbonyl (C=O) groups excluding carboxylic acids is 2. The summed E-state index contributed by atoms with van der Waals surface area (Å²) in [6, 6.07) is 6.72. The number of aromatic nitrogens is 2. The number of nitrogens with one attached hydrogen (secondary N) is 2. The molecule has 1 saturated carbocycles. The molecule has 1 fully saturated rings. The lowest BCUT2D eigenvalue weighted by Gasteiger charge is -2.10. The van der Waals surface area contributed by atoms with Gasteiger partial charge in [-0.2, -0.15) is 0 Å². The van der Waals surface area contributed by atoms with Crippen LogP contribution in [0.4, 0.5) is 11.4 Å². The second kappa shape index (κ2) is 6.66. The fourth-order valence-corrected chi connectivity index (χ4v) is 3.19. The zero-order valence-corrected chi connectivity index (χ0v) is 15.6. The predicted octanol–water partition coefficient (Wildman–Crippen LogP) is 4.27. The van der Waals surface area contributed by atoms with Crippen LogP contribution in [0.1, 0.15) is 47.4 Å². The molecule has 3 aromatic rings. The van der Waals surface area contributed by atoms with Crippen molar-refractivity contribution in [1.29, 1.82) is 0 Å². The van der Waals surface area contributed by atoms with E-state index in [1.54, 1.807) is 25.1 Å². The van der Waals surface area contributed by atoms with Gasteiger partial charge in [-0.25, -0.2) is 4.98 Å². The lowest BCUT2D eigenvalue weighted by atomic mass is 10.1. The summed E-state index contributed by atoms with van der Waals surface area (Å²) in [7, 11) is 0. The molecule has 0 radical (unpaired) electrons. The molecule has 0 saturated heterocycles. The van der Waals surface area contributed by atoms with Crippen molar-refractivity contribution in [3.63, 3.8) is 0 Å². The number of aryl methyl sites for hydroxylation is 1. The minimum absolute atomic E-state index is 0.219. The number of halogens is 1. The quantitative estimate of drug-likeness (QED) is 0.700. The van der Waals surface area contributed by atoms with Crippen LogP contribution in [0.2, 0.25) is 5.02 Å². The van der Waals surface area contributed by atoms with Gasteiger partial charge >= 0.3 is 0 Å². The van der Waals surface area contributed by atoms with Crippen molar-refractivity contribution in [2.45, 2.75) is 32.6 Å². The minimum atomic E-state index is -0.293. The van der Waals surface area contributed by atoms with Crippen LogP contribution in [0.3, 0.4) is 0 Å². The van der Waals surface area contributed by atoms with Crippen LogP contribution in [0.15, 0.2) is 28.8 Å². The molecular formula is C19H17ClN4O3. The number of rotatable bonds is 4. The van der Waals surface area contributed by atoms with Crippen molar-refractivity contribution >= 4 is 45.9 Å². The molecular weight excluding hydrogens is 368 g/mol. The molecule has 1 aliphatic rings. The molecule has 1 aromatic carbocycles. The molecule has 138 valence electrons. The van der Waals surface area contributed by atoms with Crippen molar-refractivity contribution < 1.29 is 14.1 Å². The van der Waals surface area contributed by atoms with E-state index in [0.717, 1.165) is 18.5 Å². The number of fused-ring (bicyclic) bond motifs is 1. The first-order chi connectivity index (χ1) is 12.9. The van der Waals surface area contributed by atoms with E-state index in [9.17, 15) is 9.59 Å². The van der Waals surface area contributed by atoms with Gasteiger partial charge in [-0.1, -0.05) is 16.8 Å². The first-order valence-corrected chi connectivity index (χ1v) is 8.95. The first kappa shape index (κ1) is 17.5. The van der Waals surface area contributed by atoms with Crippen LogP contribution in [0, 0.1) is 6.92 Å². The fourth-order valence-electron chi connectivity index (χ4n) is 2.96. The second-order valence-corrected chi connectivity index (χ2v) is 7.05. The number of anilines is 2. The molecule has 2 heterocycles. The normalized spacial score (nSPS) is 13.6. The summed E-state index contributed by atoms with van der Waals surface area (Å²) in [6.07, 6.45) is 2.12. The van der Waals surface area contributed by atoms with Gasteiger partial charge in [0.05, 0.1) is 27.4 Å². The number of benzene rings is 1. The molecule has 7 nitrogen and oxygen atoms in total. The predicted molar refractivity (Wildman–Crippen MR) is 102 cm³/mol. The standard InChI is InChI=1S/C19H17ClN4O3/c1-9-17-13(8-16(11-3-4-11)23-19(17)27-24-9)18(26)22-12-5-6-15(14(20)7-12)21-10(2)25/h5-8,11H,3-4H2,1-2H3,(H,21,25)(H,22,26). The van der Waals surface area contributed by atoms with E-state index in [-0.39, 0.29) is 11.8 Å². The molecule has 0 bridgehead atoms. The Hall–Kier alpha value is -2.93. The van der Waals surface area contributed by atoms with Gasteiger partial charge in [-0.05, 0) is 44.0 Å². The highest BCUT2D eigenvalue weighted by Crippen LogP contribution is 2.40. The largest absolute Gasteiger partial charge is 0.336 e. The van der Waals surface area contributed by atoms with Crippen molar-refractivity contribution in [1.82, 2.24) is 10.1 Å². The molecule has 2 aromatic heterocycles. The van der Waals surface area contributed by atoms with Gasteiger partial charge in [-0.3, -0.25) is 9.59 Å². The maximum absolute atomic E-state index is 12.9. The highest BCUT2D eigenvalue weighted by atomic mass is 35.5. The van der Waals surface area contributed by atoms with Crippen LogP contribution in [-0.4, -0.2) is 22.0 Å². The van der Waals surface area contributed by atoms with E-state index >= 15 is 0 Å². The SMILES string of the molecule is CC(=O)Nc1ccc(NC(=O)c2cc(C3CC3)nc3onc(C)c23)cc1Cl. The molecule has 0 atom stereocenters. The average Bonchev–Trinajstić information content (AvgIpc) is 3.40. The van der Waals surface area contributed by atoms with Gasteiger partial charge in [0.15, 0.2) is 0 Å². The molecule has 2 N–H and O–H groups in total. The molecule has 1 aliphatic carbocycles. The number of nitrogens with zero attached hydrogens (tertiary/aromatic N) is 2. The Bertz CT molecular complexity index is 1070. The Balaban J connectivity index is 1.66. The Kier molecular flexibility index (Phi) is 4.31. The first-order valence-electron chi connectivity index (χ1n) is 8.58. The van der Waals surface area contributed by atoms with Gasteiger partial charge < -0.3 is 15.2 Å². The van der Waals surface area contributed by atoms with Crippen molar-refractivity contribution in [2.24, 2.45) is 0 Å². The van der Waals surface area contributed by atoms with E-state index < -0.39 is 0 Å². The summed E-state index contributed by atoms with van der Waals surface area (Å²) < 4.78 is 5.28. The van der Waals surface area contributed by atoms with Gasteiger partial charge in [0.2, 0.25) is 5.91 Å². The maximum Gasteiger partial charge on any atom is 0.259 e. The molecule has 4 rings (SSSR count). The molecule has 2 amide bonds. The van der Waals surface area contributed by atoms with E-state index in [1.807, 2.05) is 6.07 Å². The maximum atomic E-state index is 12.9. The van der Waals surface area contributed by atoms with Crippen LogP contribution in [0.5, 0.6) is 0 Å². The van der Waals surface area contributed by atoms with Gasteiger partial charge in [0.1, 0.15) is 0 Å². The lowest BCUT2D eigenvalue weighted by Crippen LogP contribution is -2.14. The Morgan fingerprint density at radius 1 is 1.22 bits per heavy atom. The van der Waals surface area contributed by atoms with E-state index in [0.29, 0.717) is 44.7 Å². The summed E-state index contributed by atoms with van der Waals surface area (Å²) >= 11 is 6.18. The smallest absolute Gasteiger partial charge is 0.259 e. The summed E-state index contributed by atoms with van der Waals surface area (Å²) in [5.41, 5.74) is 3.32. The summed E-state index contributed by atoms with van der Waals surface area (Å²) in [5, 5.41) is 10.4. The topological polar surface area (TPSA) is 97.1 Å². The number of hydrogen-bond acceptors (Lipinski definition) is 5. The lowest BCUT2D eigenvalue weighted by molar-refractivity contribution is -0.114. The third-order valence-electron chi connectivity index (χ3n) is 4.41. The van der Waals surface area contributed by atoms with E-state index in [2.05, 4.69) is 20.8 Å². The third-order valence-corrected chi connectivity index (χ3v) is 4.73. The third kappa shape index (κ3) is 3.50. The number of pyridine rings is 1. The summed E-state index contributed by atoms with van der Waals surface area (Å²) in [4.78, 5) is 28.6. The summed E-state index contributed by atoms with van der Waals surface area (Å²) in [5.74, 6) is -0.139. The Morgan fingerprint density at radius 2 is 2.00 bits per heavy atom. The van der Waals surface area contributed by atoms with E-state index in [4.69, 9.17) is 16.1 Å².